The van der Waals surface area contributed by atoms with Crippen molar-refractivity contribution in [2.45, 2.75) is 5.16 Å². The van der Waals surface area contributed by atoms with Gasteiger partial charge in [0.1, 0.15) is 5.75 Å². The van der Waals surface area contributed by atoms with Gasteiger partial charge in [-0.25, -0.2) is 4.98 Å². The van der Waals surface area contributed by atoms with E-state index in [0.717, 1.165) is 33.5 Å². The Labute approximate surface area is 179 Å². The number of hydrogen-bond donors (Lipinski definition) is 1. The first-order chi connectivity index (χ1) is 14.7. The van der Waals surface area contributed by atoms with Gasteiger partial charge in [0.05, 0.1) is 24.8 Å². The molecule has 0 aliphatic rings. The van der Waals surface area contributed by atoms with Crippen LogP contribution in [0, 0.1) is 0 Å². The van der Waals surface area contributed by atoms with E-state index in [9.17, 15) is 4.79 Å². The van der Waals surface area contributed by atoms with Crippen LogP contribution in [0.3, 0.4) is 0 Å². The smallest absolute Gasteiger partial charge is 0.234 e. The molecule has 0 radical (unpaired) electrons. The molecule has 1 heterocycles. The fraction of sp³-hybridized carbons (Fsp3) is 0.0833. The molecule has 0 saturated carbocycles. The lowest BCUT2D eigenvalue weighted by molar-refractivity contribution is -0.113. The lowest BCUT2D eigenvalue weighted by Gasteiger charge is -2.12. The molecule has 30 heavy (non-hydrogen) atoms. The van der Waals surface area contributed by atoms with Gasteiger partial charge in [0, 0.05) is 16.9 Å². The third-order valence-electron chi connectivity index (χ3n) is 4.52. The van der Waals surface area contributed by atoms with Gasteiger partial charge in [0.15, 0.2) is 5.16 Å². The molecule has 0 unspecified atom stereocenters. The zero-order valence-electron chi connectivity index (χ0n) is 16.5. The van der Waals surface area contributed by atoms with Crippen molar-refractivity contribution in [2.24, 2.45) is 0 Å². The number of carbonyl (C=O) groups excluding carboxylic acids is 1. The Morgan fingerprint density at radius 3 is 2.30 bits per heavy atom. The maximum absolute atomic E-state index is 12.4. The van der Waals surface area contributed by atoms with Gasteiger partial charge in [0.2, 0.25) is 5.91 Å². The molecule has 0 aliphatic carbocycles. The van der Waals surface area contributed by atoms with Crippen molar-refractivity contribution in [3.05, 3.63) is 91.1 Å². The summed E-state index contributed by atoms with van der Waals surface area (Å²) in [5.41, 5.74) is 3.75. The molecule has 1 aromatic heterocycles. The highest BCUT2D eigenvalue weighted by Crippen LogP contribution is 2.30. The average Bonchev–Trinajstić information content (AvgIpc) is 3.23. The number of aromatic nitrogens is 2. The van der Waals surface area contributed by atoms with Gasteiger partial charge in [0.25, 0.3) is 0 Å². The molecular weight excluding hydrogens is 394 g/mol. The summed E-state index contributed by atoms with van der Waals surface area (Å²) in [4.78, 5) is 17.0. The lowest BCUT2D eigenvalue weighted by atomic mass is 10.1. The number of anilines is 1. The van der Waals surface area contributed by atoms with Crippen molar-refractivity contribution in [3.8, 4) is 22.7 Å². The summed E-state index contributed by atoms with van der Waals surface area (Å²) in [6, 6.07) is 27.3. The van der Waals surface area contributed by atoms with Gasteiger partial charge in [-0.1, -0.05) is 48.2 Å². The maximum Gasteiger partial charge on any atom is 0.234 e. The van der Waals surface area contributed by atoms with Crippen molar-refractivity contribution >= 4 is 23.4 Å². The molecule has 0 atom stereocenters. The van der Waals surface area contributed by atoms with E-state index in [0.29, 0.717) is 0 Å². The predicted molar refractivity (Wildman–Crippen MR) is 121 cm³/mol. The highest BCUT2D eigenvalue weighted by molar-refractivity contribution is 7.99. The molecule has 4 aromatic rings. The van der Waals surface area contributed by atoms with Crippen LogP contribution in [0.1, 0.15) is 0 Å². The van der Waals surface area contributed by atoms with Gasteiger partial charge in [-0.05, 0) is 48.5 Å². The molecule has 0 fully saturated rings. The normalized spacial score (nSPS) is 10.6. The standard InChI is InChI=1S/C24H21N3O2S/c1-29-21-14-12-18(13-15-21)22-16-25-24(27(22)20-10-6-3-7-11-20)30-17-23(28)26-19-8-4-2-5-9-19/h2-16H,17H2,1H3,(H,26,28). The molecule has 0 aliphatic heterocycles. The highest BCUT2D eigenvalue weighted by atomic mass is 32.2. The molecule has 5 nitrogen and oxygen atoms in total. The Bertz CT molecular complexity index is 1110. The van der Waals surface area contributed by atoms with E-state index >= 15 is 0 Å². The molecule has 0 bridgehead atoms. The number of hydrogen-bond acceptors (Lipinski definition) is 4. The number of imidazole rings is 1. The number of nitrogens with zero attached hydrogens (tertiary/aromatic N) is 2. The van der Waals surface area contributed by atoms with Gasteiger partial charge in [-0.3, -0.25) is 9.36 Å². The van der Waals surface area contributed by atoms with E-state index in [2.05, 4.69) is 14.9 Å². The molecule has 6 heteroatoms. The summed E-state index contributed by atoms with van der Waals surface area (Å²) in [7, 11) is 1.65. The number of rotatable bonds is 7. The molecule has 4 rings (SSSR count). The van der Waals surface area contributed by atoms with E-state index in [1.165, 1.54) is 11.8 Å². The first-order valence-corrected chi connectivity index (χ1v) is 10.5. The maximum atomic E-state index is 12.4. The van der Waals surface area contributed by atoms with E-state index in [1.807, 2.05) is 91.1 Å². The van der Waals surface area contributed by atoms with Gasteiger partial charge in [-0.2, -0.15) is 0 Å². The highest BCUT2D eigenvalue weighted by Gasteiger charge is 2.15. The van der Waals surface area contributed by atoms with E-state index in [1.54, 1.807) is 7.11 Å². The quantitative estimate of drug-likeness (QED) is 0.417. The molecule has 0 saturated heterocycles. The summed E-state index contributed by atoms with van der Waals surface area (Å²) in [5.74, 6) is 0.998. The van der Waals surface area contributed by atoms with E-state index in [4.69, 9.17) is 4.74 Å². The van der Waals surface area contributed by atoms with Crippen molar-refractivity contribution in [1.29, 1.82) is 0 Å². The molecule has 150 valence electrons. The zero-order chi connectivity index (χ0) is 20.8. The Kier molecular flexibility index (Phi) is 6.15. The van der Waals surface area contributed by atoms with Crippen LogP contribution < -0.4 is 10.1 Å². The van der Waals surface area contributed by atoms with Crippen LogP contribution in [0.25, 0.3) is 16.9 Å². The predicted octanol–water partition coefficient (Wildman–Crippen LogP) is 5.28. The number of methoxy groups -OCH3 is 1. The zero-order valence-corrected chi connectivity index (χ0v) is 17.3. The van der Waals surface area contributed by atoms with Crippen LogP contribution in [0.5, 0.6) is 5.75 Å². The second-order valence-electron chi connectivity index (χ2n) is 6.53. The van der Waals surface area contributed by atoms with Gasteiger partial charge >= 0.3 is 0 Å². The first-order valence-electron chi connectivity index (χ1n) is 9.50. The summed E-state index contributed by atoms with van der Waals surface area (Å²) >= 11 is 1.41. The summed E-state index contributed by atoms with van der Waals surface area (Å²) in [6.45, 7) is 0. The van der Waals surface area contributed by atoms with Crippen LogP contribution in [0.15, 0.2) is 96.3 Å². The molecule has 3 aromatic carbocycles. The Balaban J connectivity index is 1.59. The van der Waals surface area contributed by atoms with E-state index < -0.39 is 0 Å². The second kappa shape index (κ2) is 9.33. The summed E-state index contributed by atoms with van der Waals surface area (Å²) < 4.78 is 7.34. The molecular formula is C24H21N3O2S. The van der Waals surface area contributed by atoms with Crippen molar-refractivity contribution < 1.29 is 9.53 Å². The topological polar surface area (TPSA) is 56.1 Å². The number of carbonyl (C=O) groups is 1. The number of benzene rings is 3. The Morgan fingerprint density at radius 2 is 1.63 bits per heavy atom. The fourth-order valence-electron chi connectivity index (χ4n) is 3.08. The van der Waals surface area contributed by atoms with Crippen molar-refractivity contribution in [1.82, 2.24) is 9.55 Å². The monoisotopic (exact) mass is 415 g/mol. The van der Waals surface area contributed by atoms with Crippen LogP contribution in [-0.4, -0.2) is 28.3 Å². The molecule has 1 N–H and O–H groups in total. The average molecular weight is 416 g/mol. The van der Waals surface area contributed by atoms with Crippen LogP contribution >= 0.6 is 11.8 Å². The minimum Gasteiger partial charge on any atom is -0.497 e. The molecule has 0 spiro atoms. The third-order valence-corrected chi connectivity index (χ3v) is 5.47. The fourth-order valence-corrected chi connectivity index (χ4v) is 3.87. The van der Waals surface area contributed by atoms with Crippen LogP contribution in [0.2, 0.25) is 0 Å². The van der Waals surface area contributed by atoms with Gasteiger partial charge < -0.3 is 10.1 Å². The van der Waals surface area contributed by atoms with E-state index in [-0.39, 0.29) is 11.7 Å². The minimum absolute atomic E-state index is 0.0696. The number of thioether (sulfide) groups is 1. The minimum atomic E-state index is -0.0696. The largest absolute Gasteiger partial charge is 0.497 e. The van der Waals surface area contributed by atoms with Crippen molar-refractivity contribution in [3.63, 3.8) is 0 Å². The Hall–Kier alpha value is -3.51. The Morgan fingerprint density at radius 1 is 0.967 bits per heavy atom. The first kappa shape index (κ1) is 19.8. The van der Waals surface area contributed by atoms with Crippen LogP contribution in [-0.2, 0) is 4.79 Å². The number of ether oxygens (including phenoxy) is 1. The third kappa shape index (κ3) is 4.55. The molecule has 1 amide bonds. The number of nitrogens with one attached hydrogen (secondary N) is 1. The summed E-state index contributed by atoms with van der Waals surface area (Å²) in [5, 5.41) is 3.67. The van der Waals surface area contributed by atoms with Gasteiger partial charge in [-0.15, -0.1) is 0 Å². The van der Waals surface area contributed by atoms with Crippen molar-refractivity contribution in [2.75, 3.05) is 18.2 Å². The second-order valence-corrected chi connectivity index (χ2v) is 7.47. The number of amides is 1. The number of para-hydroxylation sites is 2. The SMILES string of the molecule is COc1ccc(-c2cnc(SCC(=O)Nc3ccccc3)n2-c2ccccc2)cc1. The van der Waals surface area contributed by atoms with Crippen LogP contribution in [0.4, 0.5) is 5.69 Å². The summed E-state index contributed by atoms with van der Waals surface area (Å²) in [6.07, 6.45) is 1.84. The lowest BCUT2D eigenvalue weighted by Crippen LogP contribution is -2.14.